The summed E-state index contributed by atoms with van der Waals surface area (Å²) in [6.45, 7) is 3.76. The van der Waals surface area contributed by atoms with Crippen molar-refractivity contribution in [2.24, 2.45) is 5.92 Å². The zero-order valence-electron chi connectivity index (χ0n) is 18.6. The summed E-state index contributed by atoms with van der Waals surface area (Å²) < 4.78 is 6.03. The maximum absolute atomic E-state index is 10.4. The second-order valence-electron chi connectivity index (χ2n) is 9.56. The molecule has 1 heterocycles. The van der Waals surface area contributed by atoms with E-state index in [1.54, 1.807) is 0 Å². The number of hydrogen-bond donors (Lipinski definition) is 2. The Balaban J connectivity index is 1.41. The summed E-state index contributed by atoms with van der Waals surface area (Å²) in [6, 6.07) is 11.0. The van der Waals surface area contributed by atoms with Crippen LogP contribution in [0.3, 0.4) is 0 Å². The highest BCUT2D eigenvalue weighted by molar-refractivity contribution is 5.13. The first-order valence-electron chi connectivity index (χ1n) is 12.3. The van der Waals surface area contributed by atoms with E-state index in [1.807, 2.05) is 0 Å². The van der Waals surface area contributed by atoms with Crippen LogP contribution in [0.1, 0.15) is 96.0 Å². The van der Waals surface area contributed by atoms with Crippen molar-refractivity contribution in [2.75, 3.05) is 6.61 Å². The Morgan fingerprint density at radius 3 is 2.76 bits per heavy atom. The average Bonchev–Trinajstić information content (AvgIpc) is 3.14. The first-order valence-corrected chi connectivity index (χ1v) is 12.3. The van der Waals surface area contributed by atoms with E-state index in [1.165, 1.54) is 76.2 Å². The molecule has 2 fully saturated rings. The van der Waals surface area contributed by atoms with Gasteiger partial charge in [0.05, 0.1) is 19.3 Å². The minimum Gasteiger partial charge on any atom is -0.393 e. The van der Waals surface area contributed by atoms with E-state index in [-0.39, 0.29) is 6.10 Å². The number of rotatable bonds is 12. The summed E-state index contributed by atoms with van der Waals surface area (Å²) in [7, 11) is 0. The Labute approximate surface area is 178 Å². The van der Waals surface area contributed by atoms with Gasteiger partial charge in [-0.2, -0.15) is 0 Å². The standard InChI is InChI=1S/C26H43NO2/c1-2-3-4-8-14-25(28)16-15-23-13-9-10-18-26(23)19-17-24(27-26)21-29-20-22-11-6-5-7-12-22/h5-7,11-12,23-25,27-28H,2-4,8-10,13-21H2,1H3/t23-,24-,25-,26-/m0/s1. The molecule has 1 aromatic carbocycles. The van der Waals surface area contributed by atoms with Gasteiger partial charge in [0.15, 0.2) is 0 Å². The van der Waals surface area contributed by atoms with Crippen molar-refractivity contribution in [1.82, 2.24) is 5.32 Å². The van der Waals surface area contributed by atoms with E-state index in [2.05, 4.69) is 42.6 Å². The second-order valence-corrected chi connectivity index (χ2v) is 9.56. The van der Waals surface area contributed by atoms with Gasteiger partial charge in [-0.25, -0.2) is 0 Å². The third-order valence-corrected chi connectivity index (χ3v) is 7.31. The van der Waals surface area contributed by atoms with Crippen LogP contribution in [0.5, 0.6) is 0 Å². The van der Waals surface area contributed by atoms with E-state index < -0.39 is 0 Å². The van der Waals surface area contributed by atoms with Gasteiger partial charge in [-0.1, -0.05) is 75.8 Å². The third-order valence-electron chi connectivity index (χ3n) is 7.31. The van der Waals surface area contributed by atoms with Crippen molar-refractivity contribution in [3.63, 3.8) is 0 Å². The molecular formula is C26H43NO2. The van der Waals surface area contributed by atoms with Crippen LogP contribution < -0.4 is 5.32 Å². The average molecular weight is 402 g/mol. The number of aliphatic hydroxyl groups is 1. The first-order chi connectivity index (χ1) is 14.2. The molecular weight excluding hydrogens is 358 g/mol. The molecule has 3 rings (SSSR count). The lowest BCUT2D eigenvalue weighted by Gasteiger charge is -2.43. The zero-order chi connectivity index (χ0) is 20.4. The van der Waals surface area contributed by atoms with E-state index in [9.17, 15) is 5.11 Å². The van der Waals surface area contributed by atoms with E-state index in [0.29, 0.717) is 18.2 Å². The molecule has 0 radical (unpaired) electrons. The molecule has 0 amide bonds. The fraction of sp³-hybridized carbons (Fsp3) is 0.769. The van der Waals surface area contributed by atoms with Crippen LogP contribution in [0.25, 0.3) is 0 Å². The maximum atomic E-state index is 10.4. The van der Waals surface area contributed by atoms with Gasteiger partial charge >= 0.3 is 0 Å². The Bertz CT molecular complexity index is 563. The normalized spacial score (nSPS) is 28.1. The van der Waals surface area contributed by atoms with Crippen molar-refractivity contribution in [1.29, 1.82) is 0 Å². The van der Waals surface area contributed by atoms with Crippen molar-refractivity contribution >= 4 is 0 Å². The molecule has 1 aliphatic carbocycles. The topological polar surface area (TPSA) is 41.5 Å². The third kappa shape index (κ3) is 7.08. The summed E-state index contributed by atoms with van der Waals surface area (Å²) in [6.07, 6.45) is 15.9. The predicted molar refractivity (Wildman–Crippen MR) is 121 cm³/mol. The number of nitrogens with one attached hydrogen (secondary N) is 1. The molecule has 1 aromatic rings. The largest absolute Gasteiger partial charge is 0.393 e. The van der Waals surface area contributed by atoms with Crippen LogP contribution in [0.4, 0.5) is 0 Å². The summed E-state index contributed by atoms with van der Waals surface area (Å²) in [5.74, 6) is 0.723. The molecule has 29 heavy (non-hydrogen) atoms. The maximum Gasteiger partial charge on any atom is 0.0717 e. The van der Waals surface area contributed by atoms with Gasteiger partial charge in [-0.3, -0.25) is 0 Å². The lowest BCUT2D eigenvalue weighted by atomic mass is 9.70. The van der Waals surface area contributed by atoms with Crippen molar-refractivity contribution in [2.45, 2.75) is 115 Å². The number of unbranched alkanes of at least 4 members (excludes halogenated alkanes) is 3. The first kappa shape index (κ1) is 22.8. The number of benzene rings is 1. The Morgan fingerprint density at radius 1 is 1.07 bits per heavy atom. The van der Waals surface area contributed by atoms with Gasteiger partial charge in [0.25, 0.3) is 0 Å². The quantitative estimate of drug-likeness (QED) is 0.422. The van der Waals surface area contributed by atoms with Gasteiger partial charge in [0.2, 0.25) is 0 Å². The Kier molecular flexibility index (Phi) is 9.48. The molecule has 1 saturated carbocycles. The van der Waals surface area contributed by atoms with Crippen LogP contribution >= 0.6 is 0 Å². The van der Waals surface area contributed by atoms with Crippen LogP contribution in [0, 0.1) is 5.92 Å². The van der Waals surface area contributed by atoms with Crippen LogP contribution in [0.15, 0.2) is 30.3 Å². The fourth-order valence-electron chi connectivity index (χ4n) is 5.60. The van der Waals surface area contributed by atoms with Gasteiger partial charge in [-0.05, 0) is 56.4 Å². The van der Waals surface area contributed by atoms with Crippen molar-refractivity contribution in [3.05, 3.63) is 35.9 Å². The van der Waals surface area contributed by atoms with Gasteiger partial charge in [-0.15, -0.1) is 0 Å². The SMILES string of the molecule is CCCCCC[C@H](O)CC[C@@H]1CCCC[C@]12CC[C@@H](COCc1ccccc1)N2. The molecule has 4 atom stereocenters. The molecule has 0 unspecified atom stereocenters. The van der Waals surface area contributed by atoms with E-state index in [4.69, 9.17) is 4.74 Å². The molecule has 2 N–H and O–H groups in total. The molecule has 1 aliphatic heterocycles. The summed E-state index contributed by atoms with van der Waals surface area (Å²) in [5.41, 5.74) is 1.56. The second kappa shape index (κ2) is 12.1. The van der Waals surface area contributed by atoms with E-state index in [0.717, 1.165) is 25.4 Å². The fourth-order valence-corrected chi connectivity index (χ4v) is 5.60. The Hall–Kier alpha value is -0.900. The highest BCUT2D eigenvalue weighted by Crippen LogP contribution is 2.43. The molecule has 0 bridgehead atoms. The van der Waals surface area contributed by atoms with Crippen LogP contribution in [-0.4, -0.2) is 29.4 Å². The molecule has 1 spiro atoms. The predicted octanol–water partition coefficient (Wildman–Crippen LogP) is 6.00. The summed E-state index contributed by atoms with van der Waals surface area (Å²) >= 11 is 0. The summed E-state index contributed by atoms with van der Waals surface area (Å²) in [5, 5.41) is 14.5. The minimum absolute atomic E-state index is 0.0998. The Morgan fingerprint density at radius 2 is 1.93 bits per heavy atom. The molecule has 3 heteroatoms. The molecule has 3 nitrogen and oxygen atoms in total. The van der Waals surface area contributed by atoms with Crippen LogP contribution in [-0.2, 0) is 11.3 Å². The zero-order valence-corrected chi connectivity index (χ0v) is 18.6. The number of ether oxygens (including phenoxy) is 1. The monoisotopic (exact) mass is 401 g/mol. The van der Waals surface area contributed by atoms with Crippen molar-refractivity contribution in [3.8, 4) is 0 Å². The molecule has 164 valence electrons. The van der Waals surface area contributed by atoms with Crippen molar-refractivity contribution < 1.29 is 9.84 Å². The minimum atomic E-state index is -0.0998. The lowest BCUT2D eigenvalue weighted by molar-refractivity contribution is 0.0809. The molecule has 1 saturated heterocycles. The number of aliphatic hydroxyl groups excluding tert-OH is 1. The lowest BCUT2D eigenvalue weighted by Crippen LogP contribution is -2.51. The van der Waals surface area contributed by atoms with Gasteiger partial charge < -0.3 is 15.2 Å². The van der Waals surface area contributed by atoms with Gasteiger partial charge in [0, 0.05) is 11.6 Å². The van der Waals surface area contributed by atoms with Crippen LogP contribution in [0.2, 0.25) is 0 Å². The molecule has 0 aromatic heterocycles. The highest BCUT2D eigenvalue weighted by Gasteiger charge is 2.45. The van der Waals surface area contributed by atoms with Gasteiger partial charge in [0.1, 0.15) is 0 Å². The molecule has 2 aliphatic rings. The highest BCUT2D eigenvalue weighted by atomic mass is 16.5. The smallest absolute Gasteiger partial charge is 0.0717 e. The summed E-state index contributed by atoms with van der Waals surface area (Å²) in [4.78, 5) is 0. The van der Waals surface area contributed by atoms with E-state index >= 15 is 0 Å². The number of hydrogen-bond acceptors (Lipinski definition) is 3.